The first-order valence-electron chi connectivity index (χ1n) is 9.57. The molecule has 0 saturated carbocycles. The van der Waals surface area contributed by atoms with Crippen LogP contribution in [-0.2, 0) is 0 Å². The number of ether oxygens (including phenoxy) is 1. The van der Waals surface area contributed by atoms with Gasteiger partial charge < -0.3 is 20.3 Å². The molecule has 0 amide bonds. The van der Waals surface area contributed by atoms with E-state index in [1.165, 1.54) is 6.20 Å². The Morgan fingerprint density at radius 1 is 1.23 bits per heavy atom. The Kier molecular flexibility index (Phi) is 5.86. The summed E-state index contributed by atoms with van der Waals surface area (Å²) in [6.45, 7) is 1.20. The molecule has 1 atom stereocenters. The monoisotopic (exact) mass is 421 g/mol. The number of pyridine rings is 1. The average molecular weight is 422 g/mol. The number of fused-ring (bicyclic) bond motifs is 1. The third kappa shape index (κ3) is 4.10. The van der Waals surface area contributed by atoms with Gasteiger partial charge in [-0.3, -0.25) is 4.98 Å². The highest BCUT2D eigenvalue weighted by Gasteiger charge is 2.23. The van der Waals surface area contributed by atoms with Gasteiger partial charge in [-0.05, 0) is 41.8 Å². The van der Waals surface area contributed by atoms with E-state index < -0.39 is 6.29 Å². The van der Waals surface area contributed by atoms with E-state index in [1.54, 1.807) is 24.4 Å². The van der Waals surface area contributed by atoms with E-state index in [4.69, 9.17) is 21.6 Å². The Hall–Kier alpha value is -3.11. The molecule has 0 spiro atoms. The van der Waals surface area contributed by atoms with Gasteiger partial charge in [-0.15, -0.1) is 0 Å². The molecule has 0 saturated heterocycles. The van der Waals surface area contributed by atoms with Crippen molar-refractivity contribution in [2.24, 2.45) is 0 Å². The van der Waals surface area contributed by atoms with Crippen LogP contribution in [0.1, 0.15) is 35.3 Å². The number of nitrogens with one attached hydrogen (secondary N) is 1. The summed E-state index contributed by atoms with van der Waals surface area (Å²) in [6.07, 6.45) is 2.40. The second-order valence-electron chi connectivity index (χ2n) is 7.11. The zero-order valence-corrected chi connectivity index (χ0v) is 16.8. The normalized spacial score (nSPS) is 15.2. The zero-order valence-electron chi connectivity index (χ0n) is 16.0. The van der Waals surface area contributed by atoms with Gasteiger partial charge in [0.1, 0.15) is 5.75 Å². The summed E-state index contributed by atoms with van der Waals surface area (Å²) in [5.41, 5.74) is 4.36. The van der Waals surface area contributed by atoms with Crippen LogP contribution < -0.4 is 10.1 Å². The Morgan fingerprint density at radius 3 is 2.87 bits per heavy atom. The molecule has 0 fully saturated rings. The van der Waals surface area contributed by atoms with Crippen LogP contribution in [0.25, 0.3) is 11.1 Å². The number of aliphatic hydroxyl groups excluding tert-OH is 1. The quantitative estimate of drug-likeness (QED) is 0.533. The minimum atomic E-state index is -1.56. The van der Waals surface area contributed by atoms with Gasteiger partial charge in [0.05, 0.1) is 30.1 Å². The number of nitrogens with zero attached hydrogens (tertiary/aromatic N) is 2. The van der Waals surface area contributed by atoms with Crippen molar-refractivity contribution in [3.63, 3.8) is 0 Å². The van der Waals surface area contributed by atoms with E-state index in [0.29, 0.717) is 35.0 Å². The maximum atomic E-state index is 9.53. The highest BCUT2D eigenvalue weighted by Crippen LogP contribution is 2.38. The van der Waals surface area contributed by atoms with Crippen LogP contribution in [0.3, 0.4) is 0 Å². The zero-order chi connectivity index (χ0) is 21.1. The van der Waals surface area contributed by atoms with E-state index in [0.717, 1.165) is 28.9 Å². The molecule has 1 aliphatic rings. The second-order valence-corrected chi connectivity index (χ2v) is 7.52. The fourth-order valence-corrected chi connectivity index (χ4v) is 3.96. The number of anilines is 1. The summed E-state index contributed by atoms with van der Waals surface area (Å²) in [5, 5.41) is 31.9. The maximum absolute atomic E-state index is 9.53. The van der Waals surface area contributed by atoms with Crippen molar-refractivity contribution in [3.05, 3.63) is 76.6 Å². The highest BCUT2D eigenvalue weighted by molar-refractivity contribution is 6.33. The van der Waals surface area contributed by atoms with E-state index in [2.05, 4.69) is 16.4 Å². The summed E-state index contributed by atoms with van der Waals surface area (Å²) in [4.78, 5) is 4.06. The van der Waals surface area contributed by atoms with Gasteiger partial charge in [0.15, 0.2) is 6.29 Å². The molecule has 0 unspecified atom stereocenters. The summed E-state index contributed by atoms with van der Waals surface area (Å²) in [6, 6.07) is 14.9. The van der Waals surface area contributed by atoms with Crippen molar-refractivity contribution in [1.29, 1.82) is 5.26 Å². The van der Waals surface area contributed by atoms with Crippen LogP contribution in [0.15, 0.2) is 54.9 Å². The summed E-state index contributed by atoms with van der Waals surface area (Å²) in [7, 11) is 0. The van der Waals surface area contributed by atoms with Crippen LogP contribution >= 0.6 is 11.6 Å². The summed E-state index contributed by atoms with van der Waals surface area (Å²) < 4.78 is 5.90. The number of hydrogen-bond donors (Lipinski definition) is 3. The van der Waals surface area contributed by atoms with Crippen molar-refractivity contribution in [2.45, 2.75) is 18.6 Å². The van der Waals surface area contributed by atoms with Crippen LogP contribution in [0.5, 0.6) is 5.75 Å². The van der Waals surface area contributed by atoms with Crippen LogP contribution in [0.4, 0.5) is 5.69 Å². The highest BCUT2D eigenvalue weighted by atomic mass is 35.5. The molecule has 30 heavy (non-hydrogen) atoms. The van der Waals surface area contributed by atoms with E-state index >= 15 is 0 Å². The molecule has 3 aromatic rings. The fourth-order valence-electron chi connectivity index (χ4n) is 3.67. The van der Waals surface area contributed by atoms with E-state index in [9.17, 15) is 10.2 Å². The lowest BCUT2D eigenvalue weighted by molar-refractivity contribution is -0.0419. The van der Waals surface area contributed by atoms with E-state index in [-0.39, 0.29) is 5.92 Å². The summed E-state index contributed by atoms with van der Waals surface area (Å²) in [5.74, 6) is 1.00. The lowest BCUT2D eigenvalue weighted by Gasteiger charge is -2.27. The van der Waals surface area contributed by atoms with Crippen LogP contribution in [0, 0.1) is 11.3 Å². The first kappa shape index (κ1) is 20.2. The Balaban J connectivity index is 1.56. The van der Waals surface area contributed by atoms with Gasteiger partial charge in [0.2, 0.25) is 0 Å². The molecule has 1 aromatic heterocycles. The van der Waals surface area contributed by atoms with Gasteiger partial charge in [-0.1, -0.05) is 29.8 Å². The Bertz CT molecular complexity index is 1110. The van der Waals surface area contributed by atoms with Crippen LogP contribution in [-0.4, -0.2) is 28.3 Å². The largest absolute Gasteiger partial charge is 0.493 e. The molecular formula is C23H20ClN3O3. The molecule has 152 valence electrons. The molecule has 3 N–H and O–H groups in total. The topological polar surface area (TPSA) is 98.4 Å². The Labute approximate surface area is 179 Å². The lowest BCUT2D eigenvalue weighted by atomic mass is 9.90. The molecule has 0 radical (unpaired) electrons. The number of hydrogen-bond acceptors (Lipinski definition) is 6. The summed E-state index contributed by atoms with van der Waals surface area (Å²) >= 11 is 6.36. The number of aromatic nitrogens is 1. The van der Waals surface area contributed by atoms with Gasteiger partial charge in [0.25, 0.3) is 0 Å². The van der Waals surface area contributed by atoms with Crippen molar-refractivity contribution in [1.82, 2.24) is 4.98 Å². The number of halogens is 1. The van der Waals surface area contributed by atoms with Crippen molar-refractivity contribution in [3.8, 4) is 22.9 Å². The molecule has 7 heteroatoms. The molecule has 2 heterocycles. The average Bonchev–Trinajstić information content (AvgIpc) is 2.77. The van der Waals surface area contributed by atoms with Crippen LogP contribution in [0.2, 0.25) is 5.02 Å². The van der Waals surface area contributed by atoms with Gasteiger partial charge in [-0.25, -0.2) is 0 Å². The van der Waals surface area contributed by atoms with Gasteiger partial charge in [0, 0.05) is 34.8 Å². The number of nitriles is 1. The molecule has 1 aliphatic heterocycles. The van der Waals surface area contributed by atoms with Crippen molar-refractivity contribution < 1.29 is 14.9 Å². The van der Waals surface area contributed by atoms with Crippen molar-refractivity contribution >= 4 is 17.3 Å². The van der Waals surface area contributed by atoms with Gasteiger partial charge >= 0.3 is 0 Å². The van der Waals surface area contributed by atoms with E-state index in [1.807, 2.05) is 24.3 Å². The predicted octanol–water partition coefficient (Wildman–Crippen LogP) is 4.24. The molecule has 0 bridgehead atoms. The number of rotatable bonds is 5. The smallest absolute Gasteiger partial charge is 0.180 e. The van der Waals surface area contributed by atoms with Gasteiger partial charge in [-0.2, -0.15) is 5.26 Å². The molecule has 0 aliphatic carbocycles. The first-order chi connectivity index (χ1) is 14.6. The number of benzene rings is 2. The fraction of sp³-hybridized carbons (Fsp3) is 0.217. The molecule has 6 nitrogen and oxygen atoms in total. The standard InChI is InChI=1S/C23H20ClN3O3/c24-20-9-14(11-25)1-3-17(20)15-2-4-18-16(6-8-30-22(18)10-15)12-27-21-13-26-7-5-19(21)23(28)29/h1-5,7,9-10,13,16,23,27-29H,6,8,12H2/t16-/m1/s1. The minimum absolute atomic E-state index is 0.197. The third-order valence-electron chi connectivity index (χ3n) is 5.26. The lowest BCUT2D eigenvalue weighted by Crippen LogP contribution is -2.21. The maximum Gasteiger partial charge on any atom is 0.180 e. The third-order valence-corrected chi connectivity index (χ3v) is 5.57. The number of aliphatic hydroxyl groups is 2. The molecule has 4 rings (SSSR count). The second kappa shape index (κ2) is 8.72. The first-order valence-corrected chi connectivity index (χ1v) is 9.95. The minimum Gasteiger partial charge on any atom is -0.493 e. The van der Waals surface area contributed by atoms with Crippen molar-refractivity contribution in [2.75, 3.05) is 18.5 Å². The Morgan fingerprint density at radius 2 is 2.10 bits per heavy atom. The molecular weight excluding hydrogens is 402 g/mol. The molecule has 2 aromatic carbocycles. The SMILES string of the molecule is N#Cc1ccc(-c2ccc3c(c2)OCC[C@@H]3CNc2cnccc2C(O)O)c(Cl)c1. The predicted molar refractivity (Wildman–Crippen MR) is 114 cm³/mol.